The van der Waals surface area contributed by atoms with Crippen molar-refractivity contribution in [3.05, 3.63) is 0 Å². The summed E-state index contributed by atoms with van der Waals surface area (Å²) in [5.41, 5.74) is 0. The molecule has 118 valence electrons. The van der Waals surface area contributed by atoms with Crippen LogP contribution in [0.5, 0.6) is 0 Å². The second-order valence-electron chi connectivity index (χ2n) is 4.99. The van der Waals surface area contributed by atoms with Gasteiger partial charge >= 0.3 is 18.0 Å². The van der Waals surface area contributed by atoms with Gasteiger partial charge in [0.25, 0.3) is 0 Å². The molecule has 0 spiro atoms. The fraction of sp³-hybridized carbons (Fsp3) is 0.750. The van der Waals surface area contributed by atoms with E-state index in [1.165, 1.54) is 12.0 Å². The molecule has 1 unspecified atom stereocenters. The van der Waals surface area contributed by atoms with Gasteiger partial charge in [-0.2, -0.15) is 0 Å². The number of urea groups is 1. The highest BCUT2D eigenvalue weighted by Crippen LogP contribution is 2.22. The van der Waals surface area contributed by atoms with Crippen LogP contribution in [0.15, 0.2) is 0 Å². The van der Waals surface area contributed by atoms with Gasteiger partial charge in [0, 0.05) is 19.5 Å². The lowest BCUT2D eigenvalue weighted by atomic mass is 10.2. The van der Waals surface area contributed by atoms with E-state index in [0.717, 1.165) is 4.90 Å². The highest BCUT2D eigenvalue weighted by Gasteiger charge is 2.44. The minimum Gasteiger partial charge on any atom is -0.480 e. The van der Waals surface area contributed by atoms with Crippen molar-refractivity contribution in [1.29, 1.82) is 0 Å². The van der Waals surface area contributed by atoms with Crippen LogP contribution in [0, 0.1) is 0 Å². The zero-order valence-electron chi connectivity index (χ0n) is 11.6. The fourth-order valence-electron chi connectivity index (χ4n) is 2.59. The van der Waals surface area contributed by atoms with E-state index in [-0.39, 0.29) is 32.7 Å². The molecule has 9 nitrogen and oxygen atoms in total. The molecule has 0 aromatic carbocycles. The van der Waals surface area contributed by atoms with Gasteiger partial charge in [0.05, 0.1) is 26.4 Å². The minimum absolute atomic E-state index is 0.00649. The van der Waals surface area contributed by atoms with Crippen LogP contribution in [0.3, 0.4) is 0 Å². The van der Waals surface area contributed by atoms with Gasteiger partial charge in [-0.15, -0.1) is 0 Å². The SMILES string of the molecule is COC(=O)C1COCCN1C(=O)N1C[C@H](O)C[C@@H]1C(=O)O. The van der Waals surface area contributed by atoms with Gasteiger partial charge in [0.1, 0.15) is 6.04 Å². The topological polar surface area (TPSA) is 117 Å². The number of aliphatic hydroxyl groups is 1. The Balaban J connectivity index is 2.16. The van der Waals surface area contributed by atoms with Crippen molar-refractivity contribution in [2.24, 2.45) is 0 Å². The first kappa shape index (κ1) is 15.5. The van der Waals surface area contributed by atoms with Gasteiger partial charge in [-0.1, -0.05) is 0 Å². The number of β-amino-alcohol motifs (C(OH)–C–C–N with tert-alkyl or cyclic N) is 1. The summed E-state index contributed by atoms with van der Waals surface area (Å²) in [5, 5.41) is 18.7. The van der Waals surface area contributed by atoms with Gasteiger partial charge in [-0.25, -0.2) is 14.4 Å². The highest BCUT2D eigenvalue weighted by molar-refractivity contribution is 5.87. The van der Waals surface area contributed by atoms with Crippen LogP contribution >= 0.6 is 0 Å². The molecule has 2 fully saturated rings. The van der Waals surface area contributed by atoms with Crippen molar-refractivity contribution < 1.29 is 34.1 Å². The number of carboxylic acid groups (broad SMARTS) is 1. The molecule has 2 N–H and O–H groups in total. The zero-order valence-corrected chi connectivity index (χ0v) is 11.6. The Morgan fingerprint density at radius 1 is 1.24 bits per heavy atom. The van der Waals surface area contributed by atoms with E-state index in [1.54, 1.807) is 0 Å². The number of aliphatic carboxylic acids is 1. The molecule has 0 aromatic rings. The van der Waals surface area contributed by atoms with Crippen LogP contribution in [0.2, 0.25) is 0 Å². The Kier molecular flexibility index (Phi) is 4.63. The number of amides is 2. The molecule has 2 amide bonds. The average molecular weight is 302 g/mol. The van der Waals surface area contributed by atoms with E-state index in [0.29, 0.717) is 0 Å². The van der Waals surface area contributed by atoms with Crippen molar-refractivity contribution in [2.45, 2.75) is 24.6 Å². The third kappa shape index (κ3) is 3.08. The maximum Gasteiger partial charge on any atom is 0.331 e. The molecule has 0 radical (unpaired) electrons. The molecule has 9 heteroatoms. The van der Waals surface area contributed by atoms with E-state index in [1.807, 2.05) is 0 Å². The number of methoxy groups -OCH3 is 1. The van der Waals surface area contributed by atoms with Crippen LogP contribution in [-0.4, -0.2) is 89.6 Å². The molecule has 21 heavy (non-hydrogen) atoms. The summed E-state index contributed by atoms with van der Waals surface area (Å²) in [5.74, 6) is -1.79. The first-order chi connectivity index (χ1) is 9.95. The van der Waals surface area contributed by atoms with Crippen molar-refractivity contribution in [2.75, 3.05) is 33.4 Å². The fourth-order valence-corrected chi connectivity index (χ4v) is 2.59. The number of carbonyl (C=O) groups excluding carboxylic acids is 2. The molecule has 3 atom stereocenters. The number of aliphatic hydroxyl groups excluding tert-OH is 1. The second kappa shape index (κ2) is 6.27. The Morgan fingerprint density at radius 2 is 1.95 bits per heavy atom. The summed E-state index contributed by atoms with van der Waals surface area (Å²) in [6.45, 7) is 0.360. The average Bonchev–Trinajstić information content (AvgIpc) is 2.88. The van der Waals surface area contributed by atoms with E-state index >= 15 is 0 Å². The summed E-state index contributed by atoms with van der Waals surface area (Å²) in [6, 6.07) is -2.59. The first-order valence-electron chi connectivity index (χ1n) is 6.59. The Labute approximate surface area is 121 Å². The quantitative estimate of drug-likeness (QED) is 0.596. The molecule has 2 heterocycles. The summed E-state index contributed by atoms with van der Waals surface area (Å²) in [4.78, 5) is 37.7. The largest absolute Gasteiger partial charge is 0.480 e. The molecule has 0 bridgehead atoms. The highest BCUT2D eigenvalue weighted by atomic mass is 16.5. The molecule has 2 aliphatic rings. The van der Waals surface area contributed by atoms with Crippen LogP contribution in [-0.2, 0) is 19.1 Å². The predicted octanol–water partition coefficient (Wildman–Crippen LogP) is -1.50. The van der Waals surface area contributed by atoms with Gasteiger partial charge in [0.2, 0.25) is 0 Å². The molecule has 2 rings (SSSR count). The predicted molar refractivity (Wildman–Crippen MR) is 67.5 cm³/mol. The van der Waals surface area contributed by atoms with E-state index in [2.05, 4.69) is 4.74 Å². The van der Waals surface area contributed by atoms with Crippen LogP contribution in [0.4, 0.5) is 4.79 Å². The number of hydrogen-bond acceptors (Lipinski definition) is 6. The van der Waals surface area contributed by atoms with E-state index in [4.69, 9.17) is 9.84 Å². The normalized spacial score (nSPS) is 29.3. The van der Waals surface area contributed by atoms with Gasteiger partial charge in [0.15, 0.2) is 6.04 Å². The number of morpholine rings is 1. The molecular weight excluding hydrogens is 284 g/mol. The third-order valence-corrected chi connectivity index (χ3v) is 3.66. The number of esters is 1. The van der Waals surface area contributed by atoms with Crippen LogP contribution in [0.25, 0.3) is 0 Å². The number of carbonyl (C=O) groups is 3. The lowest BCUT2D eigenvalue weighted by molar-refractivity contribution is -0.151. The number of ether oxygens (including phenoxy) is 2. The summed E-state index contributed by atoms with van der Waals surface area (Å²) >= 11 is 0. The molecule has 0 aromatic heterocycles. The third-order valence-electron chi connectivity index (χ3n) is 3.66. The van der Waals surface area contributed by atoms with Crippen LogP contribution in [0.1, 0.15) is 6.42 Å². The molecule has 0 saturated carbocycles. The van der Waals surface area contributed by atoms with Gasteiger partial charge < -0.3 is 29.5 Å². The number of hydrogen-bond donors (Lipinski definition) is 2. The van der Waals surface area contributed by atoms with Crippen molar-refractivity contribution in [3.8, 4) is 0 Å². The maximum atomic E-state index is 12.5. The lowest BCUT2D eigenvalue weighted by Crippen LogP contribution is -2.58. The van der Waals surface area contributed by atoms with E-state index < -0.39 is 36.2 Å². The molecule has 2 saturated heterocycles. The smallest absolute Gasteiger partial charge is 0.331 e. The Hall–Kier alpha value is -1.87. The number of nitrogens with zero attached hydrogens (tertiary/aromatic N) is 2. The molecule has 2 aliphatic heterocycles. The maximum absolute atomic E-state index is 12.5. The number of carboxylic acids is 1. The van der Waals surface area contributed by atoms with Crippen molar-refractivity contribution in [3.63, 3.8) is 0 Å². The monoisotopic (exact) mass is 302 g/mol. The standard InChI is InChI=1S/C12H18N2O7/c1-20-11(18)9-6-21-3-2-13(9)12(19)14-5-7(15)4-8(14)10(16)17/h7-9,15H,2-6H2,1H3,(H,16,17)/t7-,8-,9?/m1/s1. The van der Waals surface area contributed by atoms with Crippen LogP contribution < -0.4 is 0 Å². The minimum atomic E-state index is -1.18. The molecular formula is C12H18N2O7. The van der Waals surface area contributed by atoms with E-state index in [9.17, 15) is 19.5 Å². The van der Waals surface area contributed by atoms with Gasteiger partial charge in [-0.3, -0.25) is 0 Å². The Morgan fingerprint density at radius 3 is 2.57 bits per heavy atom. The number of likely N-dealkylation sites (tertiary alicyclic amines) is 1. The first-order valence-corrected chi connectivity index (χ1v) is 6.59. The van der Waals surface area contributed by atoms with Crippen molar-refractivity contribution in [1.82, 2.24) is 9.80 Å². The van der Waals surface area contributed by atoms with Gasteiger partial charge in [-0.05, 0) is 0 Å². The second-order valence-corrected chi connectivity index (χ2v) is 4.99. The summed E-state index contributed by atoms with van der Waals surface area (Å²) < 4.78 is 9.80. The van der Waals surface area contributed by atoms with Crippen molar-refractivity contribution >= 4 is 18.0 Å². The Bertz CT molecular complexity index is 441. The molecule has 0 aliphatic carbocycles. The summed E-state index contributed by atoms with van der Waals surface area (Å²) in [6.07, 6.45) is -0.901. The lowest BCUT2D eigenvalue weighted by Gasteiger charge is -2.37. The zero-order chi connectivity index (χ0) is 15.6. The summed E-state index contributed by atoms with van der Waals surface area (Å²) in [7, 11) is 1.21. The number of rotatable bonds is 2.